The Bertz CT molecular complexity index is 746. The van der Waals surface area contributed by atoms with Crippen LogP contribution >= 0.6 is 0 Å². The SMILES string of the molecule is CS(=O)(=O)N(CCC(=O)NCc1ccc2c(c1)OCO2)CC1CCCO1. The third kappa shape index (κ3) is 5.09. The first-order chi connectivity index (χ1) is 12.4. The van der Waals surface area contributed by atoms with E-state index in [9.17, 15) is 13.2 Å². The second kappa shape index (κ2) is 8.24. The van der Waals surface area contributed by atoms with E-state index in [1.807, 2.05) is 12.1 Å². The van der Waals surface area contributed by atoms with Gasteiger partial charge >= 0.3 is 0 Å². The fourth-order valence-electron chi connectivity index (χ4n) is 2.97. The highest BCUT2D eigenvalue weighted by Crippen LogP contribution is 2.32. The number of sulfonamides is 1. The molecule has 1 atom stereocenters. The molecule has 0 aliphatic carbocycles. The molecule has 0 saturated carbocycles. The lowest BCUT2D eigenvalue weighted by Crippen LogP contribution is -2.39. The first kappa shape index (κ1) is 18.9. The predicted octanol–water partition coefficient (Wildman–Crippen LogP) is 0.862. The van der Waals surface area contributed by atoms with Gasteiger partial charge in [0, 0.05) is 32.7 Å². The maximum Gasteiger partial charge on any atom is 0.231 e. The zero-order valence-electron chi connectivity index (χ0n) is 14.8. The number of ether oxygens (including phenoxy) is 3. The average Bonchev–Trinajstić information content (AvgIpc) is 3.26. The van der Waals surface area contributed by atoms with Crippen LogP contribution in [0.2, 0.25) is 0 Å². The number of rotatable bonds is 8. The predicted molar refractivity (Wildman–Crippen MR) is 94.4 cm³/mol. The molecule has 1 aromatic rings. The van der Waals surface area contributed by atoms with Gasteiger partial charge in [-0.25, -0.2) is 8.42 Å². The molecule has 1 aromatic carbocycles. The first-order valence-electron chi connectivity index (χ1n) is 8.64. The van der Waals surface area contributed by atoms with Gasteiger partial charge < -0.3 is 19.5 Å². The van der Waals surface area contributed by atoms with Gasteiger partial charge in [0.25, 0.3) is 0 Å². The molecule has 26 heavy (non-hydrogen) atoms. The number of fused-ring (bicyclic) bond motifs is 1. The number of nitrogens with one attached hydrogen (secondary N) is 1. The van der Waals surface area contributed by atoms with Crippen LogP contribution in [0.3, 0.4) is 0 Å². The van der Waals surface area contributed by atoms with Crippen LogP contribution in [0, 0.1) is 0 Å². The lowest BCUT2D eigenvalue weighted by atomic mass is 10.2. The molecule has 0 bridgehead atoms. The van der Waals surface area contributed by atoms with Gasteiger partial charge in [-0.1, -0.05) is 6.07 Å². The Morgan fingerprint density at radius 3 is 2.85 bits per heavy atom. The zero-order chi connectivity index (χ0) is 18.6. The van der Waals surface area contributed by atoms with Gasteiger partial charge in [0.2, 0.25) is 22.7 Å². The lowest BCUT2D eigenvalue weighted by molar-refractivity contribution is -0.121. The van der Waals surface area contributed by atoms with E-state index < -0.39 is 10.0 Å². The molecular formula is C17H24N2O6S. The summed E-state index contributed by atoms with van der Waals surface area (Å²) in [4.78, 5) is 12.1. The van der Waals surface area contributed by atoms with Crippen LogP contribution < -0.4 is 14.8 Å². The number of hydrogen-bond donors (Lipinski definition) is 1. The molecule has 8 nitrogen and oxygen atoms in total. The van der Waals surface area contributed by atoms with Gasteiger partial charge in [-0.2, -0.15) is 4.31 Å². The number of carbonyl (C=O) groups excluding carboxylic acids is 1. The van der Waals surface area contributed by atoms with Crippen molar-refractivity contribution in [3.63, 3.8) is 0 Å². The summed E-state index contributed by atoms with van der Waals surface area (Å²) in [5, 5.41) is 2.80. The number of hydrogen-bond acceptors (Lipinski definition) is 6. The highest BCUT2D eigenvalue weighted by atomic mass is 32.2. The maximum absolute atomic E-state index is 12.1. The van der Waals surface area contributed by atoms with Crippen LogP contribution in [-0.2, 0) is 26.1 Å². The zero-order valence-corrected chi connectivity index (χ0v) is 15.6. The van der Waals surface area contributed by atoms with Gasteiger partial charge in [-0.05, 0) is 30.5 Å². The topological polar surface area (TPSA) is 94.2 Å². The third-order valence-electron chi connectivity index (χ3n) is 4.42. The normalized spacial score (nSPS) is 19.1. The molecule has 1 amide bonds. The Kier molecular flexibility index (Phi) is 6.00. The molecule has 2 aliphatic rings. The molecule has 1 N–H and O–H groups in total. The van der Waals surface area contributed by atoms with E-state index in [2.05, 4.69) is 5.32 Å². The Morgan fingerprint density at radius 1 is 1.31 bits per heavy atom. The van der Waals surface area contributed by atoms with Crippen molar-refractivity contribution >= 4 is 15.9 Å². The molecule has 144 valence electrons. The van der Waals surface area contributed by atoms with E-state index in [1.54, 1.807) is 6.07 Å². The monoisotopic (exact) mass is 384 g/mol. The van der Waals surface area contributed by atoms with Gasteiger partial charge in [-0.3, -0.25) is 4.79 Å². The van der Waals surface area contributed by atoms with Crippen molar-refractivity contribution in [2.75, 3.05) is 32.7 Å². The van der Waals surface area contributed by atoms with E-state index >= 15 is 0 Å². The molecule has 2 aliphatic heterocycles. The molecule has 1 unspecified atom stereocenters. The third-order valence-corrected chi connectivity index (χ3v) is 5.68. The quantitative estimate of drug-likeness (QED) is 0.715. The minimum Gasteiger partial charge on any atom is -0.454 e. The van der Waals surface area contributed by atoms with Crippen molar-refractivity contribution in [1.82, 2.24) is 9.62 Å². The number of amides is 1. The molecule has 1 fully saturated rings. The molecule has 2 heterocycles. The maximum atomic E-state index is 12.1. The highest BCUT2D eigenvalue weighted by Gasteiger charge is 2.25. The summed E-state index contributed by atoms with van der Waals surface area (Å²) < 4.78 is 41.2. The van der Waals surface area contributed by atoms with Crippen molar-refractivity contribution in [3.8, 4) is 11.5 Å². The van der Waals surface area contributed by atoms with E-state index in [1.165, 1.54) is 4.31 Å². The van der Waals surface area contributed by atoms with Gasteiger partial charge in [0.1, 0.15) is 0 Å². The first-order valence-corrected chi connectivity index (χ1v) is 10.5. The van der Waals surface area contributed by atoms with Gasteiger partial charge in [0.05, 0.1) is 12.4 Å². The summed E-state index contributed by atoms with van der Waals surface area (Å²) in [6.45, 7) is 1.66. The minimum atomic E-state index is -3.38. The Labute approximate surface area is 153 Å². The number of carbonyl (C=O) groups is 1. The fourth-order valence-corrected chi connectivity index (χ4v) is 3.83. The molecular weight excluding hydrogens is 360 g/mol. The van der Waals surface area contributed by atoms with E-state index in [-0.39, 0.29) is 31.8 Å². The van der Waals surface area contributed by atoms with E-state index in [0.29, 0.717) is 31.2 Å². The smallest absolute Gasteiger partial charge is 0.231 e. The van der Waals surface area contributed by atoms with Crippen molar-refractivity contribution in [2.45, 2.75) is 31.9 Å². The van der Waals surface area contributed by atoms with E-state index in [0.717, 1.165) is 24.7 Å². The Balaban J connectivity index is 1.47. The van der Waals surface area contributed by atoms with Crippen molar-refractivity contribution in [2.24, 2.45) is 0 Å². The van der Waals surface area contributed by atoms with Gasteiger partial charge in [0.15, 0.2) is 11.5 Å². The molecule has 0 radical (unpaired) electrons. The molecule has 1 saturated heterocycles. The highest BCUT2D eigenvalue weighted by molar-refractivity contribution is 7.88. The lowest BCUT2D eigenvalue weighted by Gasteiger charge is -2.22. The number of benzene rings is 1. The molecule has 3 rings (SSSR count). The summed E-state index contributed by atoms with van der Waals surface area (Å²) in [6, 6.07) is 5.48. The minimum absolute atomic E-state index is 0.0820. The van der Waals surface area contributed by atoms with Crippen LogP contribution in [0.4, 0.5) is 0 Å². The summed E-state index contributed by atoms with van der Waals surface area (Å²) in [5.41, 5.74) is 0.891. The van der Waals surface area contributed by atoms with Crippen LogP contribution in [0.5, 0.6) is 11.5 Å². The van der Waals surface area contributed by atoms with Crippen molar-refractivity contribution in [1.29, 1.82) is 0 Å². The number of nitrogens with zero attached hydrogens (tertiary/aromatic N) is 1. The second-order valence-electron chi connectivity index (χ2n) is 6.47. The second-order valence-corrected chi connectivity index (χ2v) is 8.45. The van der Waals surface area contributed by atoms with Crippen molar-refractivity contribution < 1.29 is 27.4 Å². The van der Waals surface area contributed by atoms with Crippen LogP contribution in [-0.4, -0.2) is 57.5 Å². The summed E-state index contributed by atoms with van der Waals surface area (Å²) in [7, 11) is -3.38. The average molecular weight is 384 g/mol. The molecule has 0 spiro atoms. The van der Waals surface area contributed by atoms with E-state index in [4.69, 9.17) is 14.2 Å². The summed E-state index contributed by atoms with van der Waals surface area (Å²) >= 11 is 0. The van der Waals surface area contributed by atoms with Crippen LogP contribution in [0.15, 0.2) is 18.2 Å². The Hall–Kier alpha value is -1.84. The summed E-state index contributed by atoms with van der Waals surface area (Å²) in [6.07, 6.45) is 2.97. The largest absolute Gasteiger partial charge is 0.454 e. The molecule has 0 aromatic heterocycles. The molecule has 9 heteroatoms. The van der Waals surface area contributed by atoms with Crippen molar-refractivity contribution in [3.05, 3.63) is 23.8 Å². The summed E-state index contributed by atoms with van der Waals surface area (Å²) in [5.74, 6) is 1.15. The Morgan fingerprint density at radius 2 is 2.12 bits per heavy atom. The van der Waals surface area contributed by atoms with Crippen LogP contribution in [0.1, 0.15) is 24.8 Å². The standard InChI is InChI=1S/C17H24N2O6S/c1-26(21,22)19(11-14-3-2-8-23-14)7-6-17(20)18-10-13-4-5-15-16(9-13)25-12-24-15/h4-5,9,14H,2-3,6-8,10-12H2,1H3,(H,18,20). The fraction of sp³-hybridized carbons (Fsp3) is 0.588. The van der Waals surface area contributed by atoms with Crippen LogP contribution in [0.25, 0.3) is 0 Å². The van der Waals surface area contributed by atoms with Gasteiger partial charge in [-0.15, -0.1) is 0 Å².